The van der Waals surface area contributed by atoms with Crippen LogP contribution in [0.1, 0.15) is 42.6 Å². The molecule has 1 N–H and O–H groups in total. The molecule has 0 radical (unpaired) electrons. The summed E-state index contributed by atoms with van der Waals surface area (Å²) in [7, 11) is 0. The number of furan rings is 1. The van der Waals surface area contributed by atoms with Gasteiger partial charge in [-0.1, -0.05) is 31.5 Å². The van der Waals surface area contributed by atoms with Crippen molar-refractivity contribution < 1.29 is 18.1 Å². The van der Waals surface area contributed by atoms with Crippen LogP contribution in [0.4, 0.5) is 4.39 Å². The van der Waals surface area contributed by atoms with Gasteiger partial charge in [-0.2, -0.15) is 4.98 Å². The lowest BCUT2D eigenvalue weighted by Crippen LogP contribution is -2.32. The second-order valence-corrected chi connectivity index (χ2v) is 5.78. The first-order valence-corrected chi connectivity index (χ1v) is 8.02. The van der Waals surface area contributed by atoms with E-state index in [1.54, 1.807) is 18.2 Å². The summed E-state index contributed by atoms with van der Waals surface area (Å²) in [4.78, 5) is 16.8. The number of amides is 1. The second kappa shape index (κ2) is 7.29. The number of halogens is 1. The summed E-state index contributed by atoms with van der Waals surface area (Å²) in [5, 5.41) is 6.75. The number of carbonyl (C=O) groups excluding carboxylic acids is 1. The topological polar surface area (TPSA) is 81.2 Å². The van der Waals surface area contributed by atoms with Gasteiger partial charge >= 0.3 is 0 Å². The number of benzene rings is 1. The van der Waals surface area contributed by atoms with Crippen LogP contribution < -0.4 is 5.32 Å². The molecule has 0 aliphatic rings. The summed E-state index contributed by atoms with van der Waals surface area (Å²) in [6, 6.07) is 8.47. The number of hydrogen-bond acceptors (Lipinski definition) is 5. The Morgan fingerprint density at radius 3 is 2.84 bits per heavy atom. The van der Waals surface area contributed by atoms with Crippen LogP contribution in [0.25, 0.3) is 11.6 Å². The summed E-state index contributed by atoms with van der Waals surface area (Å²) >= 11 is 0. The Balaban J connectivity index is 1.84. The Labute approximate surface area is 144 Å². The van der Waals surface area contributed by atoms with Gasteiger partial charge in [0.1, 0.15) is 11.9 Å². The first-order valence-electron chi connectivity index (χ1n) is 8.02. The predicted octanol–water partition coefficient (Wildman–Crippen LogP) is 3.99. The Hall–Kier alpha value is -2.96. The van der Waals surface area contributed by atoms with E-state index in [0.717, 1.165) is 6.42 Å². The smallest absolute Gasteiger partial charge is 0.252 e. The van der Waals surface area contributed by atoms with E-state index in [9.17, 15) is 9.18 Å². The Bertz CT molecular complexity index is 845. The molecule has 6 nitrogen and oxygen atoms in total. The molecule has 2 atom stereocenters. The number of aromatic nitrogens is 2. The van der Waals surface area contributed by atoms with Gasteiger partial charge in [-0.15, -0.1) is 0 Å². The average molecular weight is 343 g/mol. The third kappa shape index (κ3) is 3.76. The Kier molecular flexibility index (Phi) is 4.92. The molecule has 0 spiro atoms. The van der Waals surface area contributed by atoms with Crippen LogP contribution in [0, 0.1) is 11.7 Å². The Morgan fingerprint density at radius 1 is 1.32 bits per heavy atom. The van der Waals surface area contributed by atoms with E-state index < -0.39 is 17.8 Å². The number of nitrogens with zero attached hydrogens (tertiary/aromatic N) is 2. The van der Waals surface area contributed by atoms with E-state index in [0.29, 0.717) is 11.6 Å². The molecular formula is C18H18FN3O3. The number of carbonyl (C=O) groups is 1. The number of nitrogens with one attached hydrogen (secondary N) is 1. The van der Waals surface area contributed by atoms with Crippen molar-refractivity contribution in [1.29, 1.82) is 0 Å². The highest BCUT2D eigenvalue weighted by molar-refractivity contribution is 5.94. The molecule has 2 aromatic heterocycles. The molecule has 3 rings (SSSR count). The van der Waals surface area contributed by atoms with Crippen molar-refractivity contribution in [3.05, 3.63) is 59.9 Å². The fourth-order valence-electron chi connectivity index (χ4n) is 2.40. The normalized spacial score (nSPS) is 13.4. The van der Waals surface area contributed by atoms with Gasteiger partial charge in [-0.3, -0.25) is 4.79 Å². The molecule has 3 aromatic rings. The number of rotatable bonds is 6. The van der Waals surface area contributed by atoms with Gasteiger partial charge in [0.05, 0.1) is 6.26 Å². The highest BCUT2D eigenvalue weighted by Crippen LogP contribution is 2.26. The molecule has 0 saturated heterocycles. The molecule has 7 heteroatoms. The van der Waals surface area contributed by atoms with Gasteiger partial charge < -0.3 is 14.3 Å². The minimum Gasteiger partial charge on any atom is -0.461 e. The van der Waals surface area contributed by atoms with Crippen LogP contribution in [0.15, 0.2) is 51.6 Å². The molecule has 0 saturated carbocycles. The van der Waals surface area contributed by atoms with Gasteiger partial charge in [-0.05, 0) is 36.2 Å². The molecule has 0 fully saturated rings. The number of hydrogen-bond donors (Lipinski definition) is 1. The molecule has 0 unspecified atom stereocenters. The predicted molar refractivity (Wildman–Crippen MR) is 88.1 cm³/mol. The van der Waals surface area contributed by atoms with Crippen LogP contribution in [-0.2, 0) is 0 Å². The third-order valence-electron chi connectivity index (χ3n) is 4.04. The van der Waals surface area contributed by atoms with Crippen molar-refractivity contribution in [2.24, 2.45) is 5.92 Å². The zero-order valence-corrected chi connectivity index (χ0v) is 13.9. The van der Waals surface area contributed by atoms with E-state index >= 15 is 0 Å². The largest absolute Gasteiger partial charge is 0.461 e. The van der Waals surface area contributed by atoms with Gasteiger partial charge in [0.25, 0.3) is 5.91 Å². The summed E-state index contributed by atoms with van der Waals surface area (Å²) in [5.41, 5.74) is 0.235. The van der Waals surface area contributed by atoms with E-state index in [1.807, 2.05) is 13.8 Å². The summed E-state index contributed by atoms with van der Waals surface area (Å²) in [5.74, 6) is 0.253. The summed E-state index contributed by atoms with van der Waals surface area (Å²) in [6.07, 6.45) is 2.30. The van der Waals surface area contributed by atoms with E-state index in [1.165, 1.54) is 24.5 Å². The molecule has 0 aliphatic carbocycles. The minimum absolute atomic E-state index is 0.0439. The van der Waals surface area contributed by atoms with Crippen LogP contribution >= 0.6 is 0 Å². The molecule has 0 aliphatic heterocycles. The van der Waals surface area contributed by atoms with Gasteiger partial charge in [-0.25, -0.2) is 4.39 Å². The van der Waals surface area contributed by atoms with Gasteiger partial charge in [0.2, 0.25) is 11.7 Å². The molecule has 25 heavy (non-hydrogen) atoms. The first kappa shape index (κ1) is 16.9. The second-order valence-electron chi connectivity index (χ2n) is 5.78. The maximum absolute atomic E-state index is 13.3. The van der Waals surface area contributed by atoms with E-state index in [-0.39, 0.29) is 17.4 Å². The van der Waals surface area contributed by atoms with E-state index in [2.05, 4.69) is 15.5 Å². The van der Waals surface area contributed by atoms with Gasteiger partial charge in [0, 0.05) is 5.56 Å². The lowest BCUT2D eigenvalue weighted by atomic mass is 9.98. The van der Waals surface area contributed by atoms with E-state index in [4.69, 9.17) is 8.94 Å². The van der Waals surface area contributed by atoms with Gasteiger partial charge in [0.15, 0.2) is 5.76 Å². The standard InChI is InChI=1S/C18H18FN3O3/c1-3-11(2)15(20-17(23)12-6-4-7-13(19)10-12)18-21-16(22-25-18)14-8-5-9-24-14/h4-11,15H,3H2,1-2H3,(H,20,23)/t11-,15-/m1/s1. The maximum atomic E-state index is 13.3. The van der Waals surface area contributed by atoms with Crippen LogP contribution in [0.3, 0.4) is 0 Å². The minimum atomic E-state index is -0.489. The average Bonchev–Trinajstić information content (AvgIpc) is 3.29. The molecule has 1 aromatic carbocycles. The van der Waals surface area contributed by atoms with Crippen molar-refractivity contribution >= 4 is 5.91 Å². The quantitative estimate of drug-likeness (QED) is 0.732. The molecular weight excluding hydrogens is 325 g/mol. The molecule has 2 heterocycles. The highest BCUT2D eigenvalue weighted by atomic mass is 19.1. The van der Waals surface area contributed by atoms with Crippen molar-refractivity contribution in [2.75, 3.05) is 0 Å². The Morgan fingerprint density at radius 2 is 2.16 bits per heavy atom. The highest BCUT2D eigenvalue weighted by Gasteiger charge is 2.27. The fraction of sp³-hybridized carbons (Fsp3) is 0.278. The summed E-state index contributed by atoms with van der Waals surface area (Å²) < 4.78 is 23.9. The summed E-state index contributed by atoms with van der Waals surface area (Å²) in [6.45, 7) is 3.96. The third-order valence-corrected chi connectivity index (χ3v) is 4.04. The zero-order valence-electron chi connectivity index (χ0n) is 13.9. The van der Waals surface area contributed by atoms with Crippen LogP contribution in [0.2, 0.25) is 0 Å². The van der Waals surface area contributed by atoms with Crippen molar-refractivity contribution in [2.45, 2.75) is 26.3 Å². The molecule has 0 bridgehead atoms. The van der Waals surface area contributed by atoms with Crippen molar-refractivity contribution in [1.82, 2.24) is 15.5 Å². The van der Waals surface area contributed by atoms with Crippen molar-refractivity contribution in [3.63, 3.8) is 0 Å². The monoisotopic (exact) mass is 343 g/mol. The maximum Gasteiger partial charge on any atom is 0.252 e. The lowest BCUT2D eigenvalue weighted by molar-refractivity contribution is 0.0909. The zero-order chi connectivity index (χ0) is 17.8. The first-order chi connectivity index (χ1) is 12.1. The van der Waals surface area contributed by atoms with Crippen LogP contribution in [0.5, 0.6) is 0 Å². The van der Waals surface area contributed by atoms with Crippen molar-refractivity contribution in [3.8, 4) is 11.6 Å². The fourth-order valence-corrected chi connectivity index (χ4v) is 2.40. The van der Waals surface area contributed by atoms with Crippen LogP contribution in [-0.4, -0.2) is 16.0 Å². The molecule has 130 valence electrons. The molecule has 1 amide bonds. The SMILES string of the molecule is CC[C@@H](C)[C@@H](NC(=O)c1cccc(F)c1)c1nc(-c2ccco2)no1. The lowest BCUT2D eigenvalue weighted by Gasteiger charge is -2.20.